The molecular weight excluding hydrogens is 840 g/mol. The van der Waals surface area contributed by atoms with E-state index < -0.39 is 69.9 Å². The number of alkyl halides is 6. The molecule has 322 valence electrons. The van der Waals surface area contributed by atoms with Gasteiger partial charge in [-0.15, -0.1) is 0 Å². The highest BCUT2D eigenvalue weighted by molar-refractivity contribution is 5.97. The Labute approximate surface area is 345 Å². The van der Waals surface area contributed by atoms with E-state index in [1.54, 1.807) is 24.3 Å². The van der Waals surface area contributed by atoms with Crippen LogP contribution in [-0.4, -0.2) is 44.6 Å². The number of pyridine rings is 2. The fourth-order valence-corrected chi connectivity index (χ4v) is 4.97. The first-order valence-corrected chi connectivity index (χ1v) is 17.3. The zero-order valence-corrected chi connectivity index (χ0v) is 31.4. The molecule has 62 heavy (non-hydrogen) atoms. The molecule has 0 aliphatic heterocycles. The van der Waals surface area contributed by atoms with Gasteiger partial charge in [-0.25, -0.2) is 23.5 Å². The van der Waals surface area contributed by atoms with Crippen molar-refractivity contribution in [2.75, 3.05) is 0 Å². The average molecular weight is 871 g/mol. The van der Waals surface area contributed by atoms with Gasteiger partial charge < -0.3 is 30.7 Å². The number of aromatic nitrogens is 2. The number of hydrogen-bond donors (Lipinski definition) is 3. The Morgan fingerprint density at radius 1 is 0.597 bits per heavy atom. The highest BCUT2D eigenvalue weighted by Gasteiger charge is 2.34. The third-order valence-electron chi connectivity index (χ3n) is 8.13. The molecule has 0 atom stereocenters. The predicted octanol–water partition coefficient (Wildman–Crippen LogP) is 8.61. The minimum absolute atomic E-state index is 0. The second kappa shape index (κ2) is 20.5. The van der Waals surface area contributed by atoms with Crippen LogP contribution in [0, 0.1) is 11.6 Å². The van der Waals surface area contributed by atoms with E-state index in [4.69, 9.17) is 14.6 Å². The van der Waals surface area contributed by atoms with E-state index >= 15 is 0 Å². The lowest BCUT2D eigenvalue weighted by atomic mass is 10.1. The van der Waals surface area contributed by atoms with Gasteiger partial charge in [-0.05, 0) is 83.9 Å². The molecule has 0 spiro atoms. The third kappa shape index (κ3) is 13.1. The molecule has 0 radical (unpaired) electrons. The van der Waals surface area contributed by atoms with Gasteiger partial charge in [0.15, 0.2) is 0 Å². The summed E-state index contributed by atoms with van der Waals surface area (Å²) in [5.74, 6) is -4.49. The molecule has 20 heteroatoms. The van der Waals surface area contributed by atoms with Crippen molar-refractivity contribution in [2.24, 2.45) is 0 Å². The van der Waals surface area contributed by atoms with Gasteiger partial charge in [0, 0.05) is 31.0 Å². The van der Waals surface area contributed by atoms with Gasteiger partial charge in [0.05, 0.1) is 16.7 Å². The maximum Gasteiger partial charge on any atom is 0.417 e. The molecular formula is C42H30F8N4O8. The zero-order valence-electron chi connectivity index (χ0n) is 31.4. The lowest BCUT2D eigenvalue weighted by Crippen LogP contribution is -2.24. The summed E-state index contributed by atoms with van der Waals surface area (Å²) in [6, 6.07) is 22.5. The number of amides is 2. The molecule has 0 bridgehead atoms. The van der Waals surface area contributed by atoms with Crippen molar-refractivity contribution < 1.29 is 74.4 Å². The minimum atomic E-state index is -4.73. The van der Waals surface area contributed by atoms with Crippen LogP contribution in [0.3, 0.4) is 0 Å². The summed E-state index contributed by atoms with van der Waals surface area (Å²) >= 11 is 0. The van der Waals surface area contributed by atoms with Crippen molar-refractivity contribution >= 4 is 24.1 Å². The van der Waals surface area contributed by atoms with Crippen LogP contribution in [-0.2, 0) is 25.4 Å². The van der Waals surface area contributed by atoms with Crippen molar-refractivity contribution in [3.05, 3.63) is 178 Å². The lowest BCUT2D eigenvalue weighted by Gasteiger charge is -2.13. The van der Waals surface area contributed by atoms with E-state index in [0.717, 1.165) is 24.3 Å². The van der Waals surface area contributed by atoms with Crippen molar-refractivity contribution in [2.45, 2.75) is 25.4 Å². The molecule has 6 rings (SSSR count). The molecule has 0 aliphatic rings. The molecule has 0 saturated heterocycles. The molecule has 0 aliphatic carbocycles. The first-order valence-electron chi connectivity index (χ1n) is 17.3. The Kier molecular flexibility index (Phi) is 15.5. The molecule has 0 unspecified atom stereocenters. The molecule has 6 aromatic rings. The normalized spacial score (nSPS) is 10.9. The number of hydrogen-bond acceptors (Lipinski definition) is 8. The van der Waals surface area contributed by atoms with E-state index in [1.807, 2.05) is 0 Å². The largest absolute Gasteiger partial charge is 0.478 e. The summed E-state index contributed by atoms with van der Waals surface area (Å²) < 4.78 is 115. The second-order valence-electron chi connectivity index (χ2n) is 12.5. The van der Waals surface area contributed by atoms with Crippen LogP contribution < -0.4 is 20.1 Å². The predicted molar refractivity (Wildman–Crippen MR) is 203 cm³/mol. The topological polar surface area (TPSA) is 188 Å². The summed E-state index contributed by atoms with van der Waals surface area (Å²) in [5, 5.41) is 13.8. The van der Waals surface area contributed by atoms with E-state index in [-0.39, 0.29) is 41.5 Å². The average Bonchev–Trinajstić information content (AvgIpc) is 3.23. The fraction of sp³-hybridized carbons (Fsp3) is 0.0952. The number of rotatable bonds is 12. The summed E-state index contributed by atoms with van der Waals surface area (Å²) in [5.41, 5.74) is -1.51. The van der Waals surface area contributed by atoms with Crippen molar-refractivity contribution in [3.63, 3.8) is 0 Å². The van der Waals surface area contributed by atoms with Crippen molar-refractivity contribution in [3.8, 4) is 23.3 Å². The minimum Gasteiger partial charge on any atom is -0.478 e. The molecule has 2 heterocycles. The molecule has 4 aromatic carbocycles. The summed E-state index contributed by atoms with van der Waals surface area (Å²) in [6.45, 7) is -0.0742. The Morgan fingerprint density at radius 3 is 1.31 bits per heavy atom. The number of carboxylic acid groups (broad SMARTS) is 1. The van der Waals surface area contributed by atoms with Crippen LogP contribution in [0.1, 0.15) is 63.7 Å². The van der Waals surface area contributed by atoms with Crippen LogP contribution >= 0.6 is 0 Å². The summed E-state index contributed by atoms with van der Waals surface area (Å²) in [4.78, 5) is 54.0. The van der Waals surface area contributed by atoms with Crippen LogP contribution in [0.5, 0.6) is 23.3 Å². The number of ether oxygens (including phenoxy) is 2. The second-order valence-corrected chi connectivity index (χ2v) is 12.5. The molecule has 2 amide bonds. The number of carbonyl (C=O) groups is 4. The van der Waals surface area contributed by atoms with E-state index in [0.29, 0.717) is 47.5 Å². The smallest absolute Gasteiger partial charge is 0.417 e. The summed E-state index contributed by atoms with van der Waals surface area (Å²) in [6.07, 6.45) is -7.70. The van der Waals surface area contributed by atoms with E-state index in [9.17, 15) is 54.3 Å². The number of halogens is 8. The standard InChI is InChI=1S/C21H14F4N2O4.C21H14F4N2O3.H2O/c22-15-5-7-16(8-6-15)31-19-17(9-14(11-27-19)21(23,24)25)18(28)26-10-12-1-3-13(4-2-12)20(29)30;22-16-5-7-17(8-6-16)30-20-18(9-15(11-27-20)21(23,24)25)19(29)26-10-13-1-3-14(12-28)4-2-13;/h1-9,11H,10H2,(H,26,28)(H,29,30);1-9,11-12H,10H2,(H,26,29);1H2. The summed E-state index contributed by atoms with van der Waals surface area (Å²) in [7, 11) is 0. The van der Waals surface area contributed by atoms with E-state index in [2.05, 4.69) is 20.6 Å². The van der Waals surface area contributed by atoms with Crippen LogP contribution in [0.15, 0.2) is 122 Å². The Hall–Kier alpha value is -7.74. The first-order chi connectivity index (χ1) is 28.9. The van der Waals surface area contributed by atoms with Crippen LogP contribution in [0.2, 0.25) is 0 Å². The van der Waals surface area contributed by atoms with Gasteiger partial charge in [-0.1, -0.05) is 36.4 Å². The van der Waals surface area contributed by atoms with E-state index in [1.165, 1.54) is 48.5 Å². The van der Waals surface area contributed by atoms with Gasteiger partial charge in [-0.3, -0.25) is 14.4 Å². The monoisotopic (exact) mass is 870 g/mol. The molecule has 0 fully saturated rings. The quantitative estimate of drug-likeness (QED) is 0.0799. The third-order valence-corrected chi connectivity index (χ3v) is 8.13. The number of aldehydes is 1. The first kappa shape index (κ1) is 46.9. The highest BCUT2D eigenvalue weighted by atomic mass is 19.4. The number of aromatic carboxylic acids is 1. The number of nitrogens with one attached hydrogen (secondary N) is 2. The molecule has 5 N–H and O–H groups in total. The number of carbonyl (C=O) groups excluding carboxylic acids is 3. The van der Waals surface area contributed by atoms with Gasteiger partial charge in [0.1, 0.15) is 40.5 Å². The van der Waals surface area contributed by atoms with Crippen LogP contribution in [0.4, 0.5) is 35.1 Å². The van der Waals surface area contributed by atoms with Gasteiger partial charge in [-0.2, -0.15) is 26.3 Å². The Balaban J connectivity index is 0.000000268. The Morgan fingerprint density at radius 2 is 0.968 bits per heavy atom. The maximum absolute atomic E-state index is 13.1. The molecule has 12 nitrogen and oxygen atoms in total. The van der Waals surface area contributed by atoms with Gasteiger partial charge in [0.25, 0.3) is 11.8 Å². The van der Waals surface area contributed by atoms with Crippen LogP contribution in [0.25, 0.3) is 0 Å². The number of benzene rings is 4. The van der Waals surface area contributed by atoms with Gasteiger partial charge in [0.2, 0.25) is 11.8 Å². The maximum atomic E-state index is 13.1. The van der Waals surface area contributed by atoms with Crippen molar-refractivity contribution in [1.29, 1.82) is 0 Å². The number of nitrogens with zero attached hydrogens (tertiary/aromatic N) is 2. The molecule has 2 aromatic heterocycles. The fourth-order valence-electron chi connectivity index (χ4n) is 4.97. The molecule has 0 saturated carbocycles. The highest BCUT2D eigenvalue weighted by Crippen LogP contribution is 2.34. The lowest BCUT2D eigenvalue weighted by molar-refractivity contribution is -0.138. The van der Waals surface area contributed by atoms with Gasteiger partial charge >= 0.3 is 18.3 Å². The zero-order chi connectivity index (χ0) is 44.3. The number of carboxylic acids is 1. The Bertz CT molecular complexity index is 2500. The van der Waals surface area contributed by atoms with Crippen molar-refractivity contribution in [1.82, 2.24) is 20.6 Å². The SMILES string of the molecule is O.O=C(O)c1ccc(CNC(=O)c2cc(C(F)(F)F)cnc2Oc2ccc(F)cc2)cc1.O=Cc1ccc(CNC(=O)c2cc(C(F)(F)F)cnc2Oc2ccc(F)cc2)cc1.